The molecular formula is C30H44N6O6. The number of amides is 3. The molecule has 0 heterocycles. The summed E-state index contributed by atoms with van der Waals surface area (Å²) in [6.45, 7) is 0.891. The van der Waals surface area contributed by atoms with E-state index in [1.165, 1.54) is 12.1 Å². The Morgan fingerprint density at radius 1 is 0.643 bits per heavy atom. The van der Waals surface area contributed by atoms with E-state index in [0.29, 0.717) is 44.3 Å². The fourth-order valence-corrected chi connectivity index (χ4v) is 4.35. The normalized spacial score (nSPS) is 13.8. The molecule has 0 bridgehead atoms. The van der Waals surface area contributed by atoms with Crippen LogP contribution in [0.5, 0.6) is 5.75 Å². The molecule has 2 aromatic carbocycles. The molecule has 0 radical (unpaired) electrons. The Labute approximate surface area is 246 Å². The van der Waals surface area contributed by atoms with Crippen molar-refractivity contribution in [3.8, 4) is 5.75 Å². The molecule has 2 aromatic rings. The van der Waals surface area contributed by atoms with Gasteiger partial charge in [-0.1, -0.05) is 48.9 Å². The maximum Gasteiger partial charge on any atom is 0.326 e. The lowest BCUT2D eigenvalue weighted by molar-refractivity contribution is -0.142. The number of unbranched alkanes of at least 4 members (excludes halogenated alkanes) is 2. The highest BCUT2D eigenvalue weighted by molar-refractivity contribution is 5.94. The summed E-state index contributed by atoms with van der Waals surface area (Å²) in [5.41, 5.74) is 18.5. The van der Waals surface area contributed by atoms with Gasteiger partial charge in [-0.25, -0.2) is 4.79 Å². The van der Waals surface area contributed by atoms with Gasteiger partial charge in [0.25, 0.3) is 0 Å². The molecule has 3 amide bonds. The number of hydrogen-bond acceptors (Lipinski definition) is 8. The Hall–Kier alpha value is -4.00. The Morgan fingerprint density at radius 2 is 1.14 bits per heavy atom. The number of carbonyl (C=O) groups is 4. The summed E-state index contributed by atoms with van der Waals surface area (Å²) in [7, 11) is 0. The molecular weight excluding hydrogens is 540 g/mol. The highest BCUT2D eigenvalue weighted by atomic mass is 16.4. The molecule has 0 spiro atoms. The van der Waals surface area contributed by atoms with E-state index in [4.69, 9.17) is 17.2 Å². The molecule has 0 aromatic heterocycles. The second kappa shape index (κ2) is 18.4. The van der Waals surface area contributed by atoms with Crippen LogP contribution < -0.4 is 33.2 Å². The average molecular weight is 585 g/mol. The van der Waals surface area contributed by atoms with E-state index >= 15 is 0 Å². The lowest BCUT2D eigenvalue weighted by atomic mass is 10.0. The third kappa shape index (κ3) is 12.2. The summed E-state index contributed by atoms with van der Waals surface area (Å²) in [6, 6.07) is 10.7. The first-order valence-electron chi connectivity index (χ1n) is 14.3. The van der Waals surface area contributed by atoms with Gasteiger partial charge in [0.15, 0.2) is 0 Å². The van der Waals surface area contributed by atoms with Gasteiger partial charge in [-0.3, -0.25) is 14.4 Å². The van der Waals surface area contributed by atoms with Crippen LogP contribution in [0.4, 0.5) is 0 Å². The Kier molecular flexibility index (Phi) is 15.0. The summed E-state index contributed by atoms with van der Waals surface area (Å²) in [6.07, 6.45) is 3.28. The van der Waals surface area contributed by atoms with Gasteiger partial charge in [-0.15, -0.1) is 0 Å². The summed E-state index contributed by atoms with van der Waals surface area (Å²) in [5, 5.41) is 27.4. The predicted molar refractivity (Wildman–Crippen MR) is 159 cm³/mol. The fraction of sp³-hybridized carbons (Fsp3) is 0.467. The maximum atomic E-state index is 13.5. The zero-order valence-electron chi connectivity index (χ0n) is 23.8. The molecule has 4 atom stereocenters. The number of carboxylic acid groups (broad SMARTS) is 1. The number of benzene rings is 2. The van der Waals surface area contributed by atoms with Gasteiger partial charge >= 0.3 is 5.97 Å². The van der Waals surface area contributed by atoms with Crippen LogP contribution in [0, 0.1) is 0 Å². The van der Waals surface area contributed by atoms with Crippen LogP contribution in [0.3, 0.4) is 0 Å². The van der Waals surface area contributed by atoms with Crippen molar-refractivity contribution in [1.82, 2.24) is 16.0 Å². The van der Waals surface area contributed by atoms with Crippen LogP contribution in [-0.2, 0) is 32.0 Å². The highest BCUT2D eigenvalue weighted by Crippen LogP contribution is 2.13. The summed E-state index contributed by atoms with van der Waals surface area (Å²) in [5.74, 6) is -3.00. The van der Waals surface area contributed by atoms with Gasteiger partial charge in [0.1, 0.15) is 23.9 Å². The predicted octanol–water partition coefficient (Wildman–Crippen LogP) is 0.302. The van der Waals surface area contributed by atoms with E-state index in [0.717, 1.165) is 12.0 Å². The van der Waals surface area contributed by atoms with E-state index in [2.05, 4.69) is 16.0 Å². The molecule has 12 nitrogen and oxygen atoms in total. The smallest absolute Gasteiger partial charge is 0.326 e. The monoisotopic (exact) mass is 584 g/mol. The number of carboxylic acids is 1. The average Bonchev–Trinajstić information content (AvgIpc) is 2.97. The molecule has 0 saturated heterocycles. The zero-order chi connectivity index (χ0) is 30.9. The van der Waals surface area contributed by atoms with E-state index in [9.17, 15) is 29.4 Å². The number of nitrogens with one attached hydrogen (secondary N) is 3. The molecule has 0 fully saturated rings. The van der Waals surface area contributed by atoms with E-state index in [1.54, 1.807) is 42.5 Å². The Morgan fingerprint density at radius 3 is 1.74 bits per heavy atom. The van der Waals surface area contributed by atoms with Gasteiger partial charge in [0.05, 0.1) is 6.04 Å². The number of phenols is 1. The van der Waals surface area contributed by atoms with Crippen molar-refractivity contribution in [1.29, 1.82) is 0 Å². The molecule has 11 N–H and O–H groups in total. The largest absolute Gasteiger partial charge is 0.508 e. The van der Waals surface area contributed by atoms with Gasteiger partial charge in [0.2, 0.25) is 17.7 Å². The second-order valence-electron chi connectivity index (χ2n) is 10.3. The summed E-state index contributed by atoms with van der Waals surface area (Å²) < 4.78 is 0. The number of nitrogens with two attached hydrogens (primary N) is 3. The van der Waals surface area contributed by atoms with E-state index in [1.807, 2.05) is 0 Å². The van der Waals surface area contributed by atoms with Crippen LogP contribution in [-0.4, -0.2) is 71.2 Å². The van der Waals surface area contributed by atoms with E-state index in [-0.39, 0.29) is 25.0 Å². The second-order valence-corrected chi connectivity index (χ2v) is 10.3. The van der Waals surface area contributed by atoms with Crippen molar-refractivity contribution < 1.29 is 29.4 Å². The fourth-order valence-electron chi connectivity index (χ4n) is 4.35. The summed E-state index contributed by atoms with van der Waals surface area (Å²) >= 11 is 0. The van der Waals surface area contributed by atoms with Crippen molar-refractivity contribution in [2.24, 2.45) is 17.2 Å². The van der Waals surface area contributed by atoms with Crippen LogP contribution in [0.2, 0.25) is 0 Å². The van der Waals surface area contributed by atoms with Crippen molar-refractivity contribution in [2.45, 2.75) is 75.5 Å². The molecule has 4 unspecified atom stereocenters. The van der Waals surface area contributed by atoms with Crippen molar-refractivity contribution in [3.63, 3.8) is 0 Å². The molecule has 230 valence electrons. The zero-order valence-corrected chi connectivity index (χ0v) is 23.8. The van der Waals surface area contributed by atoms with Crippen molar-refractivity contribution >= 4 is 23.7 Å². The molecule has 0 saturated carbocycles. The minimum Gasteiger partial charge on any atom is -0.508 e. The molecule has 0 aliphatic carbocycles. The topological polar surface area (TPSA) is 223 Å². The first-order valence-corrected chi connectivity index (χ1v) is 14.3. The van der Waals surface area contributed by atoms with Crippen molar-refractivity contribution in [3.05, 3.63) is 65.7 Å². The number of aliphatic carboxylic acids is 1. The SMILES string of the molecule is NCCCCC(N)C(=O)NC(CCCCN)C(=O)NC(Cc1ccc(O)cc1)C(=O)NC(Cc1ccccc1)C(=O)O. The number of carbonyl (C=O) groups excluding carboxylic acids is 3. The Balaban J connectivity index is 2.23. The molecule has 0 aliphatic rings. The van der Waals surface area contributed by atoms with Crippen LogP contribution in [0.25, 0.3) is 0 Å². The minimum absolute atomic E-state index is 0.0115. The van der Waals surface area contributed by atoms with Crippen LogP contribution in [0.1, 0.15) is 49.7 Å². The van der Waals surface area contributed by atoms with Gasteiger partial charge < -0.3 is 43.4 Å². The maximum absolute atomic E-state index is 13.5. The first-order chi connectivity index (χ1) is 20.1. The lowest BCUT2D eigenvalue weighted by Crippen LogP contribution is -2.57. The van der Waals surface area contributed by atoms with Gasteiger partial charge in [-0.2, -0.15) is 0 Å². The lowest BCUT2D eigenvalue weighted by Gasteiger charge is -2.25. The van der Waals surface area contributed by atoms with Crippen molar-refractivity contribution in [2.75, 3.05) is 13.1 Å². The minimum atomic E-state index is -1.24. The molecule has 2 rings (SSSR count). The number of rotatable bonds is 19. The third-order valence-electron chi connectivity index (χ3n) is 6.79. The van der Waals surface area contributed by atoms with Gasteiger partial charge in [-0.05, 0) is 68.5 Å². The standard InChI is InChI=1S/C30H44N6O6/c31-16-6-4-10-23(33)27(38)34-24(11-5-7-17-32)28(39)35-25(18-21-12-14-22(37)15-13-21)29(40)36-26(30(41)42)19-20-8-2-1-3-9-20/h1-3,8-9,12-15,23-26,37H,4-7,10-11,16-19,31-33H2,(H,34,38)(H,35,39)(H,36,40)(H,41,42). The first kappa shape index (κ1) is 34.2. The number of hydrogen-bond donors (Lipinski definition) is 8. The quantitative estimate of drug-likeness (QED) is 0.106. The third-order valence-corrected chi connectivity index (χ3v) is 6.79. The Bertz CT molecular complexity index is 1130. The summed E-state index contributed by atoms with van der Waals surface area (Å²) in [4.78, 5) is 51.7. The number of phenolic OH excluding ortho intramolecular Hbond substituents is 1. The van der Waals surface area contributed by atoms with Gasteiger partial charge in [0, 0.05) is 12.8 Å². The molecule has 42 heavy (non-hydrogen) atoms. The van der Waals surface area contributed by atoms with Crippen LogP contribution >= 0.6 is 0 Å². The molecule has 12 heteroatoms. The highest BCUT2D eigenvalue weighted by Gasteiger charge is 2.30. The van der Waals surface area contributed by atoms with E-state index < -0.39 is 47.9 Å². The van der Waals surface area contributed by atoms with Crippen LogP contribution in [0.15, 0.2) is 54.6 Å². The number of aromatic hydroxyl groups is 1. The molecule has 0 aliphatic heterocycles.